The molecule has 6 heteroatoms. The van der Waals surface area contributed by atoms with Gasteiger partial charge < -0.3 is 20.9 Å². The number of carbonyl (C=O) groups is 2. The summed E-state index contributed by atoms with van der Waals surface area (Å²) in [5.74, 6) is -1.30. The normalized spacial score (nSPS) is 14.4. The summed E-state index contributed by atoms with van der Waals surface area (Å²) in [5.41, 5.74) is 5.60. The molecule has 2 atom stereocenters. The number of nitrogens with two attached hydrogens (primary N) is 1. The second-order valence-electron chi connectivity index (χ2n) is 4.42. The number of carboxylic acid groups (broad SMARTS) is 1. The van der Waals surface area contributed by atoms with Crippen molar-refractivity contribution in [2.24, 2.45) is 11.7 Å². The van der Waals surface area contributed by atoms with Gasteiger partial charge in [0.15, 0.2) is 0 Å². The first-order valence-electron chi connectivity index (χ1n) is 5.66. The van der Waals surface area contributed by atoms with E-state index in [2.05, 4.69) is 5.32 Å². The molecule has 0 aromatic heterocycles. The van der Waals surface area contributed by atoms with Crippen molar-refractivity contribution in [2.75, 3.05) is 13.7 Å². The van der Waals surface area contributed by atoms with Crippen molar-refractivity contribution in [1.82, 2.24) is 5.32 Å². The summed E-state index contributed by atoms with van der Waals surface area (Å²) >= 11 is 0. The third kappa shape index (κ3) is 6.91. The third-order valence-corrected chi connectivity index (χ3v) is 2.29. The molecule has 0 aliphatic heterocycles. The van der Waals surface area contributed by atoms with Crippen LogP contribution in [-0.2, 0) is 14.3 Å². The van der Waals surface area contributed by atoms with Crippen LogP contribution in [0.1, 0.15) is 26.7 Å². The molecule has 17 heavy (non-hydrogen) atoms. The molecule has 1 amide bonds. The van der Waals surface area contributed by atoms with Gasteiger partial charge in [-0.25, -0.2) is 4.79 Å². The number of hydrogen-bond acceptors (Lipinski definition) is 4. The molecule has 0 radical (unpaired) electrons. The molecule has 6 nitrogen and oxygen atoms in total. The Morgan fingerprint density at radius 1 is 1.41 bits per heavy atom. The van der Waals surface area contributed by atoms with Gasteiger partial charge in [0, 0.05) is 13.7 Å². The number of carboxylic acids is 1. The third-order valence-electron chi connectivity index (χ3n) is 2.29. The van der Waals surface area contributed by atoms with E-state index in [-0.39, 0.29) is 5.92 Å². The Bertz CT molecular complexity index is 256. The zero-order valence-electron chi connectivity index (χ0n) is 10.6. The van der Waals surface area contributed by atoms with Crippen LogP contribution in [0.5, 0.6) is 0 Å². The van der Waals surface area contributed by atoms with E-state index in [0.717, 1.165) is 0 Å². The molecule has 0 rings (SSSR count). The molecule has 1 unspecified atom stereocenters. The van der Waals surface area contributed by atoms with E-state index in [1.54, 1.807) is 0 Å². The summed E-state index contributed by atoms with van der Waals surface area (Å²) in [4.78, 5) is 22.5. The summed E-state index contributed by atoms with van der Waals surface area (Å²) in [7, 11) is 1.52. The SMILES string of the molecule is COCCC(N)C(=O)N[C@@H](CC(C)C)C(=O)O. The van der Waals surface area contributed by atoms with Crippen molar-refractivity contribution in [1.29, 1.82) is 0 Å². The molecule has 100 valence electrons. The number of amides is 1. The molecule has 0 spiro atoms. The summed E-state index contributed by atoms with van der Waals surface area (Å²) < 4.78 is 4.80. The number of hydrogen-bond donors (Lipinski definition) is 3. The maximum atomic E-state index is 11.6. The maximum Gasteiger partial charge on any atom is 0.326 e. The highest BCUT2D eigenvalue weighted by Crippen LogP contribution is 2.05. The molecular formula is C11H22N2O4. The van der Waals surface area contributed by atoms with E-state index in [4.69, 9.17) is 15.6 Å². The van der Waals surface area contributed by atoms with Gasteiger partial charge in [-0.05, 0) is 18.8 Å². The van der Waals surface area contributed by atoms with E-state index in [1.807, 2.05) is 13.8 Å². The van der Waals surface area contributed by atoms with Crippen molar-refractivity contribution in [3.63, 3.8) is 0 Å². The molecule has 4 N–H and O–H groups in total. The van der Waals surface area contributed by atoms with Crippen molar-refractivity contribution < 1.29 is 19.4 Å². The molecule has 0 saturated carbocycles. The van der Waals surface area contributed by atoms with Crippen LogP contribution in [0.2, 0.25) is 0 Å². The van der Waals surface area contributed by atoms with Gasteiger partial charge in [-0.3, -0.25) is 4.79 Å². The van der Waals surface area contributed by atoms with Crippen LogP contribution >= 0.6 is 0 Å². The molecule has 0 aliphatic rings. The van der Waals surface area contributed by atoms with Gasteiger partial charge in [-0.1, -0.05) is 13.8 Å². The lowest BCUT2D eigenvalue weighted by Crippen LogP contribution is -2.49. The fourth-order valence-corrected chi connectivity index (χ4v) is 1.35. The number of aliphatic carboxylic acids is 1. The molecule has 0 aliphatic carbocycles. The van der Waals surface area contributed by atoms with Gasteiger partial charge >= 0.3 is 5.97 Å². The van der Waals surface area contributed by atoms with Crippen LogP contribution in [0, 0.1) is 5.92 Å². The fourth-order valence-electron chi connectivity index (χ4n) is 1.35. The lowest BCUT2D eigenvalue weighted by atomic mass is 10.0. The fraction of sp³-hybridized carbons (Fsp3) is 0.818. The van der Waals surface area contributed by atoms with E-state index in [9.17, 15) is 9.59 Å². The predicted octanol–water partition coefficient (Wildman–Crippen LogP) is -0.0343. The first-order chi connectivity index (χ1) is 7.88. The van der Waals surface area contributed by atoms with Crippen LogP contribution in [0.25, 0.3) is 0 Å². The highest BCUT2D eigenvalue weighted by atomic mass is 16.5. The Hall–Kier alpha value is -1.14. The van der Waals surface area contributed by atoms with Crippen molar-refractivity contribution in [3.05, 3.63) is 0 Å². The Morgan fingerprint density at radius 2 is 2.00 bits per heavy atom. The highest BCUT2D eigenvalue weighted by molar-refractivity contribution is 5.86. The largest absolute Gasteiger partial charge is 0.480 e. The van der Waals surface area contributed by atoms with Crippen LogP contribution in [0.4, 0.5) is 0 Å². The average molecular weight is 246 g/mol. The Morgan fingerprint density at radius 3 is 2.41 bits per heavy atom. The molecule has 0 heterocycles. The van der Waals surface area contributed by atoms with Gasteiger partial charge in [0.1, 0.15) is 6.04 Å². The van der Waals surface area contributed by atoms with Crippen LogP contribution in [0.3, 0.4) is 0 Å². The predicted molar refractivity (Wildman–Crippen MR) is 63.5 cm³/mol. The van der Waals surface area contributed by atoms with Crippen LogP contribution in [-0.4, -0.2) is 42.8 Å². The Balaban J connectivity index is 4.25. The standard InChI is InChI=1S/C11H22N2O4/c1-7(2)6-9(11(15)16)13-10(14)8(12)4-5-17-3/h7-9H,4-6,12H2,1-3H3,(H,13,14)(H,15,16)/t8?,9-/m0/s1. The highest BCUT2D eigenvalue weighted by Gasteiger charge is 2.23. The van der Waals surface area contributed by atoms with E-state index >= 15 is 0 Å². The van der Waals surface area contributed by atoms with Gasteiger partial charge in [0.25, 0.3) is 0 Å². The number of nitrogens with one attached hydrogen (secondary N) is 1. The summed E-state index contributed by atoms with van der Waals surface area (Å²) in [6.07, 6.45) is 0.758. The molecular weight excluding hydrogens is 224 g/mol. The summed E-state index contributed by atoms with van der Waals surface area (Å²) in [6.45, 7) is 4.16. The van der Waals surface area contributed by atoms with E-state index in [0.29, 0.717) is 19.4 Å². The number of methoxy groups -OCH3 is 1. The monoisotopic (exact) mass is 246 g/mol. The summed E-state index contributed by atoms with van der Waals surface area (Å²) in [6, 6.07) is -1.61. The molecule has 0 aromatic carbocycles. The van der Waals surface area contributed by atoms with Gasteiger partial charge in [-0.2, -0.15) is 0 Å². The van der Waals surface area contributed by atoms with Crippen molar-refractivity contribution >= 4 is 11.9 Å². The zero-order valence-corrected chi connectivity index (χ0v) is 10.6. The van der Waals surface area contributed by atoms with E-state index in [1.165, 1.54) is 7.11 Å². The van der Waals surface area contributed by atoms with E-state index < -0.39 is 24.0 Å². The second kappa shape index (κ2) is 8.03. The maximum absolute atomic E-state index is 11.6. The van der Waals surface area contributed by atoms with Gasteiger partial charge in [-0.15, -0.1) is 0 Å². The number of rotatable bonds is 8. The molecule has 0 aromatic rings. The van der Waals surface area contributed by atoms with Crippen molar-refractivity contribution in [2.45, 2.75) is 38.8 Å². The topological polar surface area (TPSA) is 102 Å². The van der Waals surface area contributed by atoms with Crippen molar-refractivity contribution in [3.8, 4) is 0 Å². The minimum absolute atomic E-state index is 0.187. The quantitative estimate of drug-likeness (QED) is 0.558. The molecule has 0 fully saturated rings. The van der Waals surface area contributed by atoms with Gasteiger partial charge in [0.05, 0.1) is 6.04 Å². The minimum Gasteiger partial charge on any atom is -0.480 e. The Labute approximate surface area is 102 Å². The van der Waals surface area contributed by atoms with Crippen LogP contribution < -0.4 is 11.1 Å². The Kier molecular flexibility index (Phi) is 7.49. The number of ether oxygens (including phenoxy) is 1. The average Bonchev–Trinajstić information content (AvgIpc) is 2.23. The molecule has 0 bridgehead atoms. The first kappa shape index (κ1) is 15.9. The smallest absolute Gasteiger partial charge is 0.326 e. The lowest BCUT2D eigenvalue weighted by Gasteiger charge is -2.19. The van der Waals surface area contributed by atoms with Gasteiger partial charge in [0.2, 0.25) is 5.91 Å². The first-order valence-corrected chi connectivity index (χ1v) is 5.66. The minimum atomic E-state index is -1.04. The second-order valence-corrected chi connectivity index (χ2v) is 4.42. The lowest BCUT2D eigenvalue weighted by molar-refractivity contribution is -0.142. The number of carbonyl (C=O) groups excluding carboxylic acids is 1. The molecule has 0 saturated heterocycles. The zero-order chi connectivity index (χ0) is 13.4. The summed E-state index contributed by atoms with van der Waals surface area (Å²) in [5, 5.41) is 11.4. The van der Waals surface area contributed by atoms with Crippen LogP contribution in [0.15, 0.2) is 0 Å².